The number of ketones is 2. The van der Waals surface area contributed by atoms with Gasteiger partial charge in [0.2, 0.25) is 11.6 Å². The van der Waals surface area contributed by atoms with Gasteiger partial charge >= 0.3 is 0 Å². The minimum atomic E-state index is -0.529. The van der Waals surface area contributed by atoms with E-state index in [9.17, 15) is 9.59 Å². The smallest absolute Gasteiger partial charge is 0.233 e. The predicted molar refractivity (Wildman–Crippen MR) is 82.4 cm³/mol. The molecule has 4 heteroatoms. The Hall–Kier alpha value is -2.88. The molecule has 4 nitrogen and oxygen atoms in total. The molecule has 2 aromatic carbocycles. The van der Waals surface area contributed by atoms with E-state index in [1.807, 2.05) is 12.1 Å². The van der Waals surface area contributed by atoms with Crippen LogP contribution in [-0.4, -0.2) is 25.8 Å². The van der Waals surface area contributed by atoms with Gasteiger partial charge in [0, 0.05) is 11.1 Å². The Morgan fingerprint density at radius 3 is 2.23 bits per heavy atom. The average Bonchev–Trinajstić information content (AvgIpc) is 2.57. The number of fused-ring (bicyclic) bond motifs is 1. The number of Topliss-reactive ketones (excluding diaryl/α,β-unsaturated/α-hetero) is 1. The number of benzene rings is 2. The van der Waals surface area contributed by atoms with Crippen LogP contribution < -0.4 is 9.47 Å². The molecule has 1 aliphatic rings. The molecule has 0 N–H and O–H groups in total. The molecular weight excluding hydrogens is 280 g/mol. The number of hydrogen-bond donors (Lipinski definition) is 0. The van der Waals surface area contributed by atoms with Gasteiger partial charge in [0.25, 0.3) is 0 Å². The van der Waals surface area contributed by atoms with Crippen molar-refractivity contribution in [3.63, 3.8) is 0 Å². The first kappa shape index (κ1) is 14.1. The fraction of sp³-hybridized carbons (Fsp3) is 0.111. The van der Waals surface area contributed by atoms with Gasteiger partial charge in [-0.05, 0) is 35.4 Å². The Balaban J connectivity index is 2.26. The van der Waals surface area contributed by atoms with E-state index >= 15 is 0 Å². The van der Waals surface area contributed by atoms with Gasteiger partial charge in [-0.15, -0.1) is 0 Å². The molecule has 0 saturated carbocycles. The van der Waals surface area contributed by atoms with Crippen molar-refractivity contribution in [1.82, 2.24) is 0 Å². The maximum absolute atomic E-state index is 12.0. The topological polar surface area (TPSA) is 52.6 Å². The number of methoxy groups -OCH3 is 2. The molecule has 0 atom stereocenters. The van der Waals surface area contributed by atoms with E-state index in [4.69, 9.17) is 9.47 Å². The van der Waals surface area contributed by atoms with Gasteiger partial charge in [-0.3, -0.25) is 9.59 Å². The lowest BCUT2D eigenvalue weighted by atomic mass is 9.85. The quantitative estimate of drug-likeness (QED) is 0.817. The first-order valence-electron chi connectivity index (χ1n) is 6.78. The summed E-state index contributed by atoms with van der Waals surface area (Å²) in [6.07, 6.45) is 1.36. The third-order valence-electron chi connectivity index (χ3n) is 3.66. The van der Waals surface area contributed by atoms with Crippen LogP contribution in [0.4, 0.5) is 0 Å². The molecule has 0 aromatic heterocycles. The van der Waals surface area contributed by atoms with Crippen molar-refractivity contribution in [2.45, 2.75) is 0 Å². The van der Waals surface area contributed by atoms with Crippen LogP contribution in [0.2, 0.25) is 0 Å². The van der Waals surface area contributed by atoms with Crippen LogP contribution in [0.1, 0.15) is 21.5 Å². The van der Waals surface area contributed by atoms with Crippen LogP contribution in [0.3, 0.4) is 0 Å². The lowest BCUT2D eigenvalue weighted by Crippen LogP contribution is -2.19. The van der Waals surface area contributed by atoms with Crippen molar-refractivity contribution in [2.24, 2.45) is 0 Å². The van der Waals surface area contributed by atoms with Gasteiger partial charge < -0.3 is 9.47 Å². The fourth-order valence-electron chi connectivity index (χ4n) is 2.57. The molecule has 0 radical (unpaired) electrons. The van der Waals surface area contributed by atoms with Gasteiger partial charge in [-0.25, -0.2) is 0 Å². The molecular formula is C18H14O4. The van der Waals surface area contributed by atoms with Crippen LogP contribution in [0.25, 0.3) is 5.57 Å². The number of carbonyl (C=O) groups is 2. The summed E-state index contributed by atoms with van der Waals surface area (Å²) >= 11 is 0. The van der Waals surface area contributed by atoms with Crippen LogP contribution in [0.5, 0.6) is 11.5 Å². The molecule has 2 aromatic rings. The first-order chi connectivity index (χ1) is 10.7. The minimum Gasteiger partial charge on any atom is -0.497 e. The molecule has 0 saturated heterocycles. The summed E-state index contributed by atoms with van der Waals surface area (Å²) < 4.78 is 10.6. The molecule has 3 rings (SSSR count). The van der Waals surface area contributed by atoms with E-state index in [0.29, 0.717) is 22.6 Å². The lowest BCUT2D eigenvalue weighted by molar-refractivity contribution is -0.111. The zero-order chi connectivity index (χ0) is 15.7. The van der Waals surface area contributed by atoms with Crippen molar-refractivity contribution < 1.29 is 19.1 Å². The largest absolute Gasteiger partial charge is 0.497 e. The normalized spacial score (nSPS) is 13.5. The standard InChI is InChI=1S/C18H14O4/c1-21-11-7-8-17(22-2)15(9-11)14-10-16(19)18(20)13-6-4-3-5-12(13)14/h3-10H,1-2H3. The summed E-state index contributed by atoms with van der Waals surface area (Å²) in [6, 6.07) is 12.4. The monoisotopic (exact) mass is 294 g/mol. The first-order valence-corrected chi connectivity index (χ1v) is 6.78. The molecule has 0 aliphatic heterocycles. The molecule has 0 bridgehead atoms. The maximum Gasteiger partial charge on any atom is 0.233 e. The highest BCUT2D eigenvalue weighted by atomic mass is 16.5. The molecule has 0 fully saturated rings. The lowest BCUT2D eigenvalue weighted by Gasteiger charge is -2.19. The summed E-state index contributed by atoms with van der Waals surface area (Å²) in [5.41, 5.74) is 2.51. The summed E-state index contributed by atoms with van der Waals surface area (Å²) in [4.78, 5) is 24.0. The van der Waals surface area contributed by atoms with Gasteiger partial charge in [-0.1, -0.05) is 24.3 Å². The Morgan fingerprint density at radius 2 is 1.55 bits per heavy atom. The summed E-state index contributed by atoms with van der Waals surface area (Å²) in [5.74, 6) is 0.252. The third kappa shape index (κ3) is 2.19. The summed E-state index contributed by atoms with van der Waals surface area (Å²) in [6.45, 7) is 0. The Labute approximate surface area is 128 Å². The van der Waals surface area contributed by atoms with Crippen molar-refractivity contribution in [3.8, 4) is 11.5 Å². The highest BCUT2D eigenvalue weighted by Crippen LogP contribution is 2.37. The van der Waals surface area contributed by atoms with Crippen LogP contribution in [-0.2, 0) is 4.79 Å². The van der Waals surface area contributed by atoms with Crippen LogP contribution in [0.15, 0.2) is 48.5 Å². The van der Waals surface area contributed by atoms with Gasteiger partial charge in [0.05, 0.1) is 14.2 Å². The molecule has 0 spiro atoms. The Bertz CT molecular complexity index is 802. The second-order valence-electron chi connectivity index (χ2n) is 4.86. The molecule has 22 heavy (non-hydrogen) atoms. The second-order valence-corrected chi connectivity index (χ2v) is 4.86. The second kappa shape index (κ2) is 5.48. The van der Waals surface area contributed by atoms with E-state index in [0.717, 1.165) is 11.1 Å². The fourth-order valence-corrected chi connectivity index (χ4v) is 2.57. The number of rotatable bonds is 3. The van der Waals surface area contributed by atoms with Crippen molar-refractivity contribution >= 4 is 17.1 Å². The molecule has 0 unspecified atom stereocenters. The highest BCUT2D eigenvalue weighted by Gasteiger charge is 2.27. The van der Waals surface area contributed by atoms with Gasteiger partial charge in [-0.2, -0.15) is 0 Å². The average molecular weight is 294 g/mol. The number of ether oxygens (including phenoxy) is 2. The number of carbonyl (C=O) groups excluding carboxylic acids is 2. The van der Waals surface area contributed by atoms with Crippen molar-refractivity contribution in [3.05, 3.63) is 65.2 Å². The third-order valence-corrected chi connectivity index (χ3v) is 3.66. The van der Waals surface area contributed by atoms with Crippen molar-refractivity contribution in [1.29, 1.82) is 0 Å². The molecule has 110 valence electrons. The van der Waals surface area contributed by atoms with Gasteiger partial charge in [0.1, 0.15) is 11.5 Å². The minimum absolute atomic E-state index is 0.412. The van der Waals surface area contributed by atoms with E-state index in [-0.39, 0.29) is 0 Å². The predicted octanol–water partition coefficient (Wildman–Crippen LogP) is 2.90. The van der Waals surface area contributed by atoms with Crippen molar-refractivity contribution in [2.75, 3.05) is 14.2 Å². The Morgan fingerprint density at radius 1 is 0.818 bits per heavy atom. The van der Waals surface area contributed by atoms with E-state index in [1.54, 1.807) is 44.6 Å². The SMILES string of the molecule is COc1ccc(OC)c(C2=CC(=O)C(=O)c3ccccc32)c1. The molecule has 1 aliphatic carbocycles. The Kier molecular flexibility index (Phi) is 3.51. The zero-order valence-corrected chi connectivity index (χ0v) is 12.3. The summed E-state index contributed by atoms with van der Waals surface area (Å²) in [5, 5.41) is 0. The van der Waals surface area contributed by atoms with E-state index in [1.165, 1.54) is 6.08 Å². The maximum atomic E-state index is 12.0. The van der Waals surface area contributed by atoms with Crippen LogP contribution in [0, 0.1) is 0 Å². The van der Waals surface area contributed by atoms with E-state index < -0.39 is 11.6 Å². The number of allylic oxidation sites excluding steroid dienone is 1. The number of hydrogen-bond acceptors (Lipinski definition) is 4. The summed E-state index contributed by atoms with van der Waals surface area (Å²) in [7, 11) is 3.14. The molecule has 0 amide bonds. The van der Waals surface area contributed by atoms with Gasteiger partial charge in [0.15, 0.2) is 0 Å². The zero-order valence-electron chi connectivity index (χ0n) is 12.3. The highest BCUT2D eigenvalue weighted by molar-refractivity contribution is 6.51. The molecule has 0 heterocycles. The van der Waals surface area contributed by atoms with E-state index in [2.05, 4.69) is 0 Å². The van der Waals surface area contributed by atoms with Crippen LogP contribution >= 0.6 is 0 Å².